The second-order valence-corrected chi connectivity index (χ2v) is 9.96. The Kier molecular flexibility index (Phi) is 4.57. The Morgan fingerprint density at radius 2 is 1.41 bits per heavy atom. The van der Waals surface area contributed by atoms with Gasteiger partial charge in [-0.25, -0.2) is 0 Å². The van der Waals surface area contributed by atoms with E-state index in [0.29, 0.717) is 0 Å². The fourth-order valence-electron chi connectivity index (χ4n) is 1.75. The van der Waals surface area contributed by atoms with Crippen LogP contribution in [0, 0.1) is 0 Å². The number of hydrogen-bond donors (Lipinski definition) is 0. The maximum Gasteiger partial charge on any atom is 0.117 e. The number of halogens is 2. The van der Waals surface area contributed by atoms with E-state index < -0.39 is 6.63 Å². The summed E-state index contributed by atoms with van der Waals surface area (Å²) in [7, 11) is 0. The van der Waals surface area contributed by atoms with E-state index in [0.717, 1.165) is 5.30 Å². The molecule has 0 amide bonds. The lowest BCUT2D eigenvalue weighted by molar-refractivity contribution is 0.571. The van der Waals surface area contributed by atoms with Crippen LogP contribution >= 0.6 is 29.1 Å². The van der Waals surface area contributed by atoms with Gasteiger partial charge < -0.3 is 0 Å². The van der Waals surface area contributed by atoms with Crippen molar-refractivity contribution in [1.82, 2.24) is 0 Å². The summed E-state index contributed by atoms with van der Waals surface area (Å²) >= 11 is 12.2. The van der Waals surface area contributed by atoms with Crippen molar-refractivity contribution >= 4 is 34.4 Å². The maximum absolute atomic E-state index is 6.11. The van der Waals surface area contributed by atoms with Crippen molar-refractivity contribution in [3.8, 4) is 0 Å². The van der Waals surface area contributed by atoms with E-state index >= 15 is 0 Å². The van der Waals surface area contributed by atoms with Gasteiger partial charge in [0.05, 0.1) is 0 Å². The Morgan fingerprint density at radius 3 is 1.76 bits per heavy atom. The Balaban J connectivity index is 3.41. The van der Waals surface area contributed by atoms with Crippen molar-refractivity contribution in [1.29, 1.82) is 0 Å². The summed E-state index contributed by atoms with van der Waals surface area (Å²) in [4.78, 5) is 0. The molecule has 0 heterocycles. The van der Waals surface area contributed by atoms with Gasteiger partial charge in [-0.05, 0) is 22.0 Å². The van der Waals surface area contributed by atoms with Crippen LogP contribution in [0.3, 0.4) is 0 Å². The summed E-state index contributed by atoms with van der Waals surface area (Å²) in [6.45, 7) is 12.2. The third-order valence-corrected chi connectivity index (χ3v) is 4.70. The molecule has 0 saturated carbocycles. The van der Waals surface area contributed by atoms with Gasteiger partial charge in [0.25, 0.3) is 0 Å². The third kappa shape index (κ3) is 3.85. The van der Waals surface area contributed by atoms with E-state index in [1.807, 2.05) is 0 Å². The molecule has 0 nitrogen and oxygen atoms in total. The number of hydrogen-bond acceptors (Lipinski definition) is 0. The topological polar surface area (TPSA) is 0 Å². The molecule has 0 unspecified atom stereocenters. The first-order valence-electron chi connectivity index (χ1n) is 5.80. The smallest absolute Gasteiger partial charge is 0.0727 e. The summed E-state index contributed by atoms with van der Waals surface area (Å²) in [5.41, 5.74) is 2.82. The van der Waals surface area contributed by atoms with Crippen LogP contribution in [-0.4, -0.2) is 0 Å². The average molecular weight is 291 g/mol. The molecule has 17 heavy (non-hydrogen) atoms. The Morgan fingerprint density at radius 1 is 0.882 bits per heavy atom. The van der Waals surface area contributed by atoms with E-state index in [-0.39, 0.29) is 10.8 Å². The highest BCUT2D eigenvalue weighted by atomic mass is 35.9. The predicted octanol–water partition coefficient (Wildman–Crippen LogP) is 5.70. The van der Waals surface area contributed by atoms with E-state index in [4.69, 9.17) is 22.5 Å². The zero-order valence-corrected chi connectivity index (χ0v) is 13.8. The monoisotopic (exact) mass is 290 g/mol. The second kappa shape index (κ2) is 5.08. The minimum absolute atomic E-state index is 0.0704. The van der Waals surface area contributed by atoms with E-state index in [9.17, 15) is 0 Å². The van der Waals surface area contributed by atoms with Crippen LogP contribution in [0.2, 0.25) is 0 Å². The molecule has 0 spiro atoms. The highest BCUT2D eigenvalue weighted by Crippen LogP contribution is 2.48. The minimum Gasteiger partial charge on any atom is -0.0727 e. The van der Waals surface area contributed by atoms with Crippen molar-refractivity contribution in [2.45, 2.75) is 52.4 Å². The quantitative estimate of drug-likeness (QED) is 0.582. The fourth-order valence-corrected chi connectivity index (χ4v) is 3.40. The van der Waals surface area contributed by atoms with E-state index in [2.05, 4.69) is 59.7 Å². The van der Waals surface area contributed by atoms with Crippen LogP contribution in [0.25, 0.3) is 0 Å². The van der Waals surface area contributed by atoms with Crippen molar-refractivity contribution in [3.63, 3.8) is 0 Å². The lowest BCUT2D eigenvalue weighted by Gasteiger charge is -2.27. The molecule has 0 aromatic heterocycles. The SMILES string of the molecule is CC(C)(C)c1ccc(P(Cl)Cl)c(C(C)(C)C)c1. The first-order valence-corrected chi connectivity index (χ1v) is 8.95. The van der Waals surface area contributed by atoms with Gasteiger partial charge in [-0.2, -0.15) is 0 Å². The van der Waals surface area contributed by atoms with Crippen LogP contribution in [-0.2, 0) is 10.8 Å². The van der Waals surface area contributed by atoms with Crippen molar-refractivity contribution in [2.75, 3.05) is 0 Å². The molecule has 0 N–H and O–H groups in total. The van der Waals surface area contributed by atoms with Crippen LogP contribution < -0.4 is 5.30 Å². The normalized spacial score (nSPS) is 13.2. The maximum atomic E-state index is 6.11. The van der Waals surface area contributed by atoms with Crippen molar-refractivity contribution < 1.29 is 0 Å². The van der Waals surface area contributed by atoms with Gasteiger partial charge in [0.15, 0.2) is 0 Å². The summed E-state index contributed by atoms with van der Waals surface area (Å²) in [5.74, 6) is 0. The third-order valence-electron chi connectivity index (χ3n) is 2.85. The zero-order valence-electron chi connectivity index (χ0n) is 11.4. The van der Waals surface area contributed by atoms with Crippen LogP contribution in [0.1, 0.15) is 52.7 Å². The number of rotatable bonds is 1. The molecule has 1 aromatic carbocycles. The molecule has 0 bridgehead atoms. The molecule has 1 rings (SSSR count). The zero-order chi connectivity index (χ0) is 13.4. The number of benzene rings is 1. The predicted molar refractivity (Wildman–Crippen MR) is 82.1 cm³/mol. The van der Waals surface area contributed by atoms with E-state index in [1.165, 1.54) is 11.1 Å². The first-order chi connectivity index (χ1) is 7.53. The summed E-state index contributed by atoms with van der Waals surface area (Å²) in [5, 5.41) is 1.09. The minimum atomic E-state index is -1.08. The summed E-state index contributed by atoms with van der Waals surface area (Å²) < 4.78 is 0. The molecule has 0 aliphatic carbocycles. The Labute approximate surface area is 116 Å². The molecule has 3 heteroatoms. The molecule has 0 aliphatic heterocycles. The fraction of sp³-hybridized carbons (Fsp3) is 0.571. The van der Waals surface area contributed by atoms with Gasteiger partial charge in [-0.3, -0.25) is 0 Å². The molecule has 0 radical (unpaired) electrons. The highest BCUT2D eigenvalue weighted by Gasteiger charge is 2.24. The average Bonchev–Trinajstić information content (AvgIpc) is 2.14. The van der Waals surface area contributed by atoms with Gasteiger partial charge in [-0.15, -0.1) is 0 Å². The van der Waals surface area contributed by atoms with Crippen LogP contribution in [0.5, 0.6) is 0 Å². The summed E-state index contributed by atoms with van der Waals surface area (Å²) in [6, 6.07) is 6.49. The lowest BCUT2D eigenvalue weighted by atomic mass is 9.81. The largest absolute Gasteiger partial charge is 0.117 e. The molecule has 0 saturated heterocycles. The van der Waals surface area contributed by atoms with Gasteiger partial charge in [-0.1, -0.05) is 82.2 Å². The second-order valence-electron chi connectivity index (χ2n) is 6.46. The molecule has 96 valence electrons. The Bertz CT molecular complexity index is 398. The van der Waals surface area contributed by atoms with Gasteiger partial charge in [0.1, 0.15) is 6.63 Å². The van der Waals surface area contributed by atoms with Gasteiger partial charge >= 0.3 is 0 Å². The van der Waals surface area contributed by atoms with Crippen LogP contribution in [0.15, 0.2) is 18.2 Å². The molecule has 0 fully saturated rings. The summed E-state index contributed by atoms with van der Waals surface area (Å²) in [6.07, 6.45) is 0. The Hall–Kier alpha value is 0.230. The first kappa shape index (κ1) is 15.3. The standard InChI is InChI=1S/C14H21Cl2P/c1-13(2,3)10-7-8-12(17(15)16)11(9-10)14(4,5)6/h7-9H,1-6H3. The molecule has 0 atom stereocenters. The molecular formula is C14H21Cl2P. The van der Waals surface area contributed by atoms with Crippen LogP contribution in [0.4, 0.5) is 0 Å². The van der Waals surface area contributed by atoms with E-state index in [1.54, 1.807) is 0 Å². The molecular weight excluding hydrogens is 270 g/mol. The highest BCUT2D eigenvalue weighted by molar-refractivity contribution is 8.08. The van der Waals surface area contributed by atoms with Gasteiger partial charge in [0.2, 0.25) is 0 Å². The molecule has 0 aliphatic rings. The van der Waals surface area contributed by atoms with Crippen molar-refractivity contribution in [3.05, 3.63) is 29.3 Å². The lowest BCUT2D eigenvalue weighted by Crippen LogP contribution is -2.23. The van der Waals surface area contributed by atoms with Crippen molar-refractivity contribution in [2.24, 2.45) is 0 Å². The van der Waals surface area contributed by atoms with Gasteiger partial charge in [0, 0.05) is 5.30 Å². The molecule has 1 aromatic rings.